The van der Waals surface area contributed by atoms with Crippen molar-refractivity contribution in [3.05, 3.63) is 59.2 Å². The van der Waals surface area contributed by atoms with E-state index in [0.717, 1.165) is 37.6 Å². The Kier molecular flexibility index (Phi) is 5.56. The second-order valence-corrected chi connectivity index (χ2v) is 6.39. The summed E-state index contributed by atoms with van der Waals surface area (Å²) in [5.41, 5.74) is 11.8. The molecule has 1 aliphatic heterocycles. The van der Waals surface area contributed by atoms with Gasteiger partial charge >= 0.3 is 0 Å². The zero-order chi connectivity index (χ0) is 17.6. The number of guanidine groups is 1. The molecule has 2 aromatic carbocycles. The highest BCUT2D eigenvalue weighted by Gasteiger charge is 2.10. The molecule has 0 aromatic heterocycles. The summed E-state index contributed by atoms with van der Waals surface area (Å²) < 4.78 is 5.39. The molecule has 132 valence electrons. The van der Waals surface area contributed by atoms with Gasteiger partial charge in [0, 0.05) is 24.5 Å². The largest absolute Gasteiger partial charge is 0.378 e. The number of anilines is 2. The average molecular weight is 338 g/mol. The molecule has 0 bridgehead atoms. The van der Waals surface area contributed by atoms with Crippen LogP contribution in [0, 0.1) is 13.8 Å². The summed E-state index contributed by atoms with van der Waals surface area (Å²) in [6, 6.07) is 14.7. The fraction of sp³-hybridized carbons (Fsp3) is 0.350. The Morgan fingerprint density at radius 2 is 1.80 bits per heavy atom. The molecule has 0 amide bonds. The molecule has 0 atom stereocenters. The Morgan fingerprint density at radius 3 is 2.48 bits per heavy atom. The maximum atomic E-state index is 6.01. The van der Waals surface area contributed by atoms with E-state index in [-0.39, 0.29) is 0 Å². The molecule has 1 heterocycles. The normalized spacial score (nSPS) is 15.3. The van der Waals surface area contributed by atoms with Crippen LogP contribution >= 0.6 is 0 Å². The van der Waals surface area contributed by atoms with Crippen LogP contribution < -0.4 is 16.0 Å². The third-order valence-electron chi connectivity index (χ3n) is 4.52. The first kappa shape index (κ1) is 17.3. The van der Waals surface area contributed by atoms with E-state index in [4.69, 9.17) is 10.5 Å². The molecule has 0 saturated carbocycles. The second kappa shape index (κ2) is 8.03. The maximum absolute atomic E-state index is 6.01. The first-order chi connectivity index (χ1) is 12.1. The van der Waals surface area contributed by atoms with Gasteiger partial charge < -0.3 is 20.7 Å². The standard InChI is InChI=1S/C20H26N4O/c1-15-3-6-18(13-16(15)2)23-20(21)22-14-17-4-7-19(8-5-17)24-9-11-25-12-10-24/h3-8,13H,9-12,14H2,1-2H3,(H3,21,22,23). The highest BCUT2D eigenvalue weighted by molar-refractivity contribution is 5.92. The fourth-order valence-corrected chi connectivity index (χ4v) is 2.82. The number of nitrogens with zero attached hydrogens (tertiary/aromatic N) is 2. The summed E-state index contributed by atoms with van der Waals surface area (Å²) in [4.78, 5) is 6.77. The maximum Gasteiger partial charge on any atom is 0.193 e. The number of hydrogen-bond acceptors (Lipinski definition) is 3. The van der Waals surface area contributed by atoms with E-state index in [1.807, 2.05) is 6.07 Å². The van der Waals surface area contributed by atoms with E-state index in [9.17, 15) is 0 Å². The van der Waals surface area contributed by atoms with Gasteiger partial charge in [0.05, 0.1) is 19.8 Å². The first-order valence-corrected chi connectivity index (χ1v) is 8.67. The molecule has 0 spiro atoms. The quantitative estimate of drug-likeness (QED) is 0.664. The Bertz CT molecular complexity index is 734. The zero-order valence-corrected chi connectivity index (χ0v) is 15.0. The average Bonchev–Trinajstić information content (AvgIpc) is 2.64. The summed E-state index contributed by atoms with van der Waals surface area (Å²) in [6.07, 6.45) is 0. The van der Waals surface area contributed by atoms with Crippen molar-refractivity contribution in [1.82, 2.24) is 0 Å². The van der Waals surface area contributed by atoms with E-state index in [1.165, 1.54) is 16.8 Å². The summed E-state index contributed by atoms with van der Waals surface area (Å²) in [7, 11) is 0. The SMILES string of the molecule is Cc1ccc(NC(N)=NCc2ccc(N3CCOCC3)cc2)cc1C. The van der Waals surface area contributed by atoms with Gasteiger partial charge in [-0.25, -0.2) is 4.99 Å². The second-order valence-electron chi connectivity index (χ2n) is 6.39. The number of aryl methyl sites for hydroxylation is 2. The van der Waals surface area contributed by atoms with Gasteiger partial charge in [-0.2, -0.15) is 0 Å². The minimum absolute atomic E-state index is 0.431. The van der Waals surface area contributed by atoms with Gasteiger partial charge in [-0.05, 0) is 54.8 Å². The Morgan fingerprint density at radius 1 is 1.08 bits per heavy atom. The molecule has 1 aliphatic rings. The molecule has 5 nitrogen and oxygen atoms in total. The Labute approximate surface area is 149 Å². The minimum Gasteiger partial charge on any atom is -0.378 e. The lowest BCUT2D eigenvalue weighted by Crippen LogP contribution is -2.36. The van der Waals surface area contributed by atoms with Crippen molar-refractivity contribution in [1.29, 1.82) is 0 Å². The monoisotopic (exact) mass is 338 g/mol. The van der Waals surface area contributed by atoms with Crippen molar-refractivity contribution in [2.24, 2.45) is 10.7 Å². The third-order valence-corrected chi connectivity index (χ3v) is 4.52. The number of ether oxygens (including phenoxy) is 1. The first-order valence-electron chi connectivity index (χ1n) is 8.67. The predicted octanol–water partition coefficient (Wildman–Crippen LogP) is 3.07. The van der Waals surface area contributed by atoms with Crippen molar-refractivity contribution in [2.45, 2.75) is 20.4 Å². The lowest BCUT2D eigenvalue weighted by atomic mass is 10.1. The minimum atomic E-state index is 0.431. The highest BCUT2D eigenvalue weighted by atomic mass is 16.5. The number of aliphatic imine (C=N–C) groups is 1. The fourth-order valence-electron chi connectivity index (χ4n) is 2.82. The molecule has 1 saturated heterocycles. The molecular formula is C20H26N4O. The molecule has 0 unspecified atom stereocenters. The predicted molar refractivity (Wildman–Crippen MR) is 104 cm³/mol. The van der Waals surface area contributed by atoms with Crippen molar-refractivity contribution in [3.63, 3.8) is 0 Å². The molecule has 2 aromatic rings. The third kappa shape index (κ3) is 4.73. The van der Waals surface area contributed by atoms with Crippen LogP contribution in [0.5, 0.6) is 0 Å². The van der Waals surface area contributed by atoms with E-state index < -0.39 is 0 Å². The van der Waals surface area contributed by atoms with Gasteiger partial charge in [-0.1, -0.05) is 18.2 Å². The number of nitrogens with one attached hydrogen (secondary N) is 1. The molecule has 0 aliphatic carbocycles. The number of hydrogen-bond donors (Lipinski definition) is 2. The van der Waals surface area contributed by atoms with Crippen LogP contribution in [0.15, 0.2) is 47.5 Å². The number of morpholine rings is 1. The Balaban J connectivity index is 1.57. The zero-order valence-electron chi connectivity index (χ0n) is 15.0. The van der Waals surface area contributed by atoms with Crippen LogP contribution in [0.4, 0.5) is 11.4 Å². The van der Waals surface area contributed by atoms with Gasteiger partial charge in [-0.3, -0.25) is 0 Å². The molecule has 25 heavy (non-hydrogen) atoms. The summed E-state index contributed by atoms with van der Waals surface area (Å²) >= 11 is 0. The van der Waals surface area contributed by atoms with Gasteiger partial charge in [0.2, 0.25) is 0 Å². The smallest absolute Gasteiger partial charge is 0.193 e. The van der Waals surface area contributed by atoms with Crippen LogP contribution in [0.2, 0.25) is 0 Å². The number of rotatable bonds is 4. The molecule has 3 rings (SSSR count). The van der Waals surface area contributed by atoms with Gasteiger partial charge in [-0.15, -0.1) is 0 Å². The van der Waals surface area contributed by atoms with Crippen molar-refractivity contribution >= 4 is 17.3 Å². The summed E-state index contributed by atoms with van der Waals surface area (Å²) in [5, 5.41) is 3.15. The summed E-state index contributed by atoms with van der Waals surface area (Å²) in [5.74, 6) is 0.431. The number of nitrogens with two attached hydrogens (primary N) is 1. The van der Waals surface area contributed by atoms with Gasteiger partial charge in [0.15, 0.2) is 5.96 Å². The van der Waals surface area contributed by atoms with Gasteiger partial charge in [0.1, 0.15) is 0 Å². The molecule has 3 N–H and O–H groups in total. The van der Waals surface area contributed by atoms with Crippen molar-refractivity contribution < 1.29 is 4.74 Å². The van der Waals surface area contributed by atoms with Gasteiger partial charge in [0.25, 0.3) is 0 Å². The van der Waals surface area contributed by atoms with Crippen LogP contribution in [0.1, 0.15) is 16.7 Å². The molecule has 0 radical (unpaired) electrons. The van der Waals surface area contributed by atoms with E-state index in [2.05, 4.69) is 65.5 Å². The van der Waals surface area contributed by atoms with E-state index in [1.54, 1.807) is 0 Å². The van der Waals surface area contributed by atoms with E-state index >= 15 is 0 Å². The lowest BCUT2D eigenvalue weighted by Gasteiger charge is -2.28. The van der Waals surface area contributed by atoms with Crippen LogP contribution in [0.25, 0.3) is 0 Å². The van der Waals surface area contributed by atoms with Crippen LogP contribution in [-0.2, 0) is 11.3 Å². The van der Waals surface area contributed by atoms with Crippen molar-refractivity contribution in [3.8, 4) is 0 Å². The summed E-state index contributed by atoms with van der Waals surface area (Å²) in [6.45, 7) is 8.24. The van der Waals surface area contributed by atoms with Crippen LogP contribution in [-0.4, -0.2) is 32.3 Å². The topological polar surface area (TPSA) is 62.9 Å². The van der Waals surface area contributed by atoms with Crippen LogP contribution in [0.3, 0.4) is 0 Å². The Hall–Kier alpha value is -2.53. The van der Waals surface area contributed by atoms with E-state index in [0.29, 0.717) is 12.5 Å². The lowest BCUT2D eigenvalue weighted by molar-refractivity contribution is 0.122. The molecular weight excluding hydrogens is 312 g/mol. The molecule has 1 fully saturated rings. The molecule has 5 heteroatoms. The number of benzene rings is 2. The van der Waals surface area contributed by atoms with Crippen molar-refractivity contribution in [2.75, 3.05) is 36.5 Å². The highest BCUT2D eigenvalue weighted by Crippen LogP contribution is 2.17.